The maximum absolute atomic E-state index is 10.3. The van der Waals surface area contributed by atoms with Crippen LogP contribution in [0, 0.1) is 0 Å². The molecule has 3 N–H and O–H groups in total. The third-order valence-electron chi connectivity index (χ3n) is 5.79. The number of hydrogen-bond acceptors (Lipinski definition) is 8. The minimum absolute atomic E-state index is 0.241. The van der Waals surface area contributed by atoms with Gasteiger partial charge in [0.15, 0.2) is 23.2 Å². The zero-order valence-electron chi connectivity index (χ0n) is 16.0. The molecule has 3 aromatic rings. The predicted molar refractivity (Wildman–Crippen MR) is 104 cm³/mol. The molecule has 152 valence electrons. The number of aromatic nitrogens is 4. The molecule has 5 rings (SSSR count). The Morgan fingerprint density at radius 2 is 1.97 bits per heavy atom. The third-order valence-corrected chi connectivity index (χ3v) is 5.79. The first-order valence-corrected chi connectivity index (χ1v) is 9.67. The lowest BCUT2D eigenvalue weighted by Gasteiger charge is -2.20. The lowest BCUT2D eigenvalue weighted by Crippen LogP contribution is -2.34. The molecule has 29 heavy (non-hydrogen) atoms. The summed E-state index contributed by atoms with van der Waals surface area (Å²) in [6.07, 6.45) is 2.02. The first-order valence-electron chi connectivity index (χ1n) is 9.67. The number of anilines is 1. The highest BCUT2D eigenvalue weighted by atomic mass is 16.6. The van der Waals surface area contributed by atoms with Gasteiger partial charge in [-0.15, -0.1) is 0 Å². The maximum Gasteiger partial charge on any atom is 0.167 e. The minimum atomic E-state index is -0.941. The SMILES string of the molecule is CO[C@@H]1[C@H](O)[C@@H](CO)O[C@H]1n1cnc2c(NC3Cc4ccccc4C3)ncnc21. The molecule has 2 aromatic heterocycles. The normalized spacial score (nSPS) is 26.9. The standard InChI is InChI=1S/C20H23N5O4/c1-28-17-16(27)14(8-26)29-20(17)25-10-23-15-18(21-9-22-19(15)25)24-13-6-11-4-2-3-5-12(11)7-13/h2-5,9-10,13-14,16-17,20,26-27H,6-8H2,1H3,(H,21,22,24)/t14-,16-,17-,20-/m1/s1. The van der Waals surface area contributed by atoms with Gasteiger partial charge in [-0.1, -0.05) is 24.3 Å². The number of fused-ring (bicyclic) bond motifs is 2. The number of benzene rings is 1. The van der Waals surface area contributed by atoms with E-state index < -0.39 is 24.5 Å². The quantitative estimate of drug-likeness (QED) is 0.576. The predicted octanol–water partition coefficient (Wildman–Crippen LogP) is 0.671. The number of imidazole rings is 1. The van der Waals surface area contributed by atoms with Gasteiger partial charge in [-0.05, 0) is 24.0 Å². The van der Waals surface area contributed by atoms with Gasteiger partial charge in [0.05, 0.1) is 12.9 Å². The smallest absolute Gasteiger partial charge is 0.167 e. The number of nitrogens with one attached hydrogen (secondary N) is 1. The van der Waals surface area contributed by atoms with E-state index in [0.717, 1.165) is 12.8 Å². The van der Waals surface area contributed by atoms with Gasteiger partial charge in [0.2, 0.25) is 0 Å². The van der Waals surface area contributed by atoms with Crippen molar-refractivity contribution in [1.82, 2.24) is 19.5 Å². The highest BCUT2D eigenvalue weighted by Gasteiger charge is 2.45. The van der Waals surface area contributed by atoms with Crippen molar-refractivity contribution in [2.45, 2.75) is 43.4 Å². The maximum atomic E-state index is 10.3. The summed E-state index contributed by atoms with van der Waals surface area (Å²) >= 11 is 0. The van der Waals surface area contributed by atoms with E-state index in [1.807, 2.05) is 0 Å². The molecule has 9 heteroatoms. The van der Waals surface area contributed by atoms with Crippen molar-refractivity contribution in [2.24, 2.45) is 0 Å². The largest absolute Gasteiger partial charge is 0.394 e. The van der Waals surface area contributed by atoms with Crippen molar-refractivity contribution >= 4 is 17.0 Å². The van der Waals surface area contributed by atoms with Crippen LogP contribution in [-0.4, -0.2) is 67.8 Å². The van der Waals surface area contributed by atoms with Crippen molar-refractivity contribution in [3.05, 3.63) is 48.0 Å². The molecule has 0 radical (unpaired) electrons. The molecule has 2 aliphatic rings. The number of hydrogen-bond donors (Lipinski definition) is 3. The van der Waals surface area contributed by atoms with E-state index >= 15 is 0 Å². The summed E-state index contributed by atoms with van der Waals surface area (Å²) in [7, 11) is 1.50. The van der Waals surface area contributed by atoms with Gasteiger partial charge >= 0.3 is 0 Å². The molecule has 1 aliphatic heterocycles. The van der Waals surface area contributed by atoms with Gasteiger partial charge < -0.3 is 25.0 Å². The fourth-order valence-corrected chi connectivity index (χ4v) is 4.35. The molecule has 1 aliphatic carbocycles. The monoisotopic (exact) mass is 397 g/mol. The van der Waals surface area contributed by atoms with E-state index in [4.69, 9.17) is 9.47 Å². The zero-order valence-corrected chi connectivity index (χ0v) is 16.0. The molecular weight excluding hydrogens is 374 g/mol. The molecule has 1 aromatic carbocycles. The average Bonchev–Trinajstić information content (AvgIpc) is 3.42. The van der Waals surface area contributed by atoms with Gasteiger partial charge in [0.1, 0.15) is 24.6 Å². The van der Waals surface area contributed by atoms with E-state index in [1.165, 1.54) is 24.6 Å². The lowest BCUT2D eigenvalue weighted by atomic mass is 10.1. The van der Waals surface area contributed by atoms with Crippen LogP contribution in [0.3, 0.4) is 0 Å². The molecule has 0 saturated carbocycles. The van der Waals surface area contributed by atoms with Crippen LogP contribution in [-0.2, 0) is 22.3 Å². The molecule has 4 atom stereocenters. The van der Waals surface area contributed by atoms with Crippen LogP contribution in [0.2, 0.25) is 0 Å². The Kier molecular flexibility index (Phi) is 4.67. The van der Waals surface area contributed by atoms with Gasteiger partial charge in [0.25, 0.3) is 0 Å². The molecule has 0 amide bonds. The first-order chi connectivity index (χ1) is 14.2. The number of methoxy groups -OCH3 is 1. The highest BCUT2D eigenvalue weighted by Crippen LogP contribution is 2.34. The summed E-state index contributed by atoms with van der Waals surface area (Å²) in [5.74, 6) is 0.665. The zero-order chi connectivity index (χ0) is 20.0. The lowest BCUT2D eigenvalue weighted by molar-refractivity contribution is -0.0583. The van der Waals surface area contributed by atoms with E-state index in [0.29, 0.717) is 17.0 Å². The van der Waals surface area contributed by atoms with Gasteiger partial charge in [-0.2, -0.15) is 0 Å². The van der Waals surface area contributed by atoms with E-state index in [2.05, 4.69) is 44.5 Å². The summed E-state index contributed by atoms with van der Waals surface area (Å²) in [6.45, 7) is -0.297. The van der Waals surface area contributed by atoms with Crippen LogP contribution >= 0.6 is 0 Å². The van der Waals surface area contributed by atoms with E-state index in [9.17, 15) is 10.2 Å². The van der Waals surface area contributed by atoms with Gasteiger partial charge in [-0.25, -0.2) is 15.0 Å². The molecule has 1 saturated heterocycles. The fourth-order valence-electron chi connectivity index (χ4n) is 4.35. The number of aliphatic hydroxyl groups is 2. The number of aliphatic hydroxyl groups excluding tert-OH is 2. The Labute approximate surface area is 167 Å². The Bertz CT molecular complexity index is 1000. The summed E-state index contributed by atoms with van der Waals surface area (Å²) in [4.78, 5) is 13.3. The molecule has 1 fully saturated rings. The Hall–Kier alpha value is -2.59. The van der Waals surface area contributed by atoms with E-state index in [-0.39, 0.29) is 12.6 Å². The highest BCUT2D eigenvalue weighted by molar-refractivity contribution is 5.83. The first kappa shape index (κ1) is 18.4. The van der Waals surface area contributed by atoms with Gasteiger partial charge in [-0.3, -0.25) is 4.57 Å². The van der Waals surface area contributed by atoms with Crippen molar-refractivity contribution in [3.63, 3.8) is 0 Å². The van der Waals surface area contributed by atoms with Gasteiger partial charge in [0, 0.05) is 13.2 Å². The van der Waals surface area contributed by atoms with Crippen LogP contribution in [0.25, 0.3) is 11.2 Å². The molecule has 0 bridgehead atoms. The number of rotatable bonds is 5. The Morgan fingerprint density at radius 1 is 1.21 bits per heavy atom. The molecule has 0 unspecified atom stereocenters. The molecule has 3 heterocycles. The summed E-state index contributed by atoms with van der Waals surface area (Å²) in [5, 5.41) is 23.3. The molecule has 9 nitrogen and oxygen atoms in total. The van der Waals surface area contributed by atoms with E-state index in [1.54, 1.807) is 10.9 Å². The second-order valence-electron chi connectivity index (χ2n) is 7.50. The van der Waals surface area contributed by atoms with Crippen molar-refractivity contribution < 1.29 is 19.7 Å². The average molecular weight is 397 g/mol. The van der Waals surface area contributed by atoms with Crippen LogP contribution in [0.15, 0.2) is 36.9 Å². The Morgan fingerprint density at radius 3 is 2.66 bits per heavy atom. The second kappa shape index (κ2) is 7.34. The summed E-state index contributed by atoms with van der Waals surface area (Å²) < 4.78 is 13.0. The van der Waals surface area contributed by atoms with Crippen molar-refractivity contribution in [3.8, 4) is 0 Å². The Balaban J connectivity index is 1.43. The van der Waals surface area contributed by atoms with Crippen LogP contribution in [0.5, 0.6) is 0 Å². The van der Waals surface area contributed by atoms with Crippen molar-refractivity contribution in [2.75, 3.05) is 19.0 Å². The fraction of sp³-hybridized carbons (Fsp3) is 0.450. The molecular formula is C20H23N5O4. The van der Waals surface area contributed by atoms with Crippen LogP contribution in [0.4, 0.5) is 5.82 Å². The van der Waals surface area contributed by atoms with Crippen LogP contribution in [0.1, 0.15) is 17.4 Å². The topological polar surface area (TPSA) is 115 Å². The number of nitrogens with zero attached hydrogens (tertiary/aromatic N) is 4. The summed E-state index contributed by atoms with van der Waals surface area (Å²) in [6, 6.07) is 8.69. The van der Waals surface area contributed by atoms with Crippen LogP contribution < -0.4 is 5.32 Å². The second-order valence-corrected chi connectivity index (χ2v) is 7.50. The minimum Gasteiger partial charge on any atom is -0.394 e. The summed E-state index contributed by atoms with van der Waals surface area (Å²) in [5.41, 5.74) is 3.92. The molecule has 0 spiro atoms. The number of ether oxygens (including phenoxy) is 2. The van der Waals surface area contributed by atoms with Crippen molar-refractivity contribution in [1.29, 1.82) is 0 Å². The third kappa shape index (κ3) is 3.06.